The van der Waals surface area contributed by atoms with Crippen molar-refractivity contribution < 1.29 is 23.4 Å². The Kier molecular flexibility index (Phi) is 5.63. The molecule has 0 saturated heterocycles. The summed E-state index contributed by atoms with van der Waals surface area (Å²) in [6, 6.07) is 16.3. The van der Waals surface area contributed by atoms with Gasteiger partial charge < -0.3 is 23.5 Å². The SMILES string of the molecule is CCCOc1ccc([C@H]2c3c(oc4cc(C)c(C)cc4c3=O)C(=O)N2Cc2ccc3c(c2)OCO3)cc1. The van der Waals surface area contributed by atoms with E-state index >= 15 is 0 Å². The van der Waals surface area contributed by atoms with E-state index in [0.29, 0.717) is 34.6 Å². The first-order valence-electron chi connectivity index (χ1n) is 12.4. The Morgan fingerprint density at radius 1 is 0.946 bits per heavy atom. The molecule has 7 nitrogen and oxygen atoms in total. The van der Waals surface area contributed by atoms with Gasteiger partial charge in [-0.2, -0.15) is 0 Å². The maximum atomic E-state index is 13.9. The van der Waals surface area contributed by atoms with Crippen LogP contribution in [0, 0.1) is 13.8 Å². The minimum Gasteiger partial charge on any atom is -0.494 e. The van der Waals surface area contributed by atoms with Crippen LogP contribution >= 0.6 is 0 Å². The van der Waals surface area contributed by atoms with Crippen molar-refractivity contribution in [1.29, 1.82) is 0 Å². The van der Waals surface area contributed by atoms with Gasteiger partial charge in [-0.1, -0.05) is 25.1 Å². The van der Waals surface area contributed by atoms with Gasteiger partial charge in [0.15, 0.2) is 16.9 Å². The molecule has 37 heavy (non-hydrogen) atoms. The van der Waals surface area contributed by atoms with Gasteiger partial charge in [0.05, 0.1) is 23.6 Å². The summed E-state index contributed by atoms with van der Waals surface area (Å²) in [5.74, 6) is 1.84. The lowest BCUT2D eigenvalue weighted by Crippen LogP contribution is -2.29. The predicted molar refractivity (Wildman–Crippen MR) is 138 cm³/mol. The van der Waals surface area contributed by atoms with Gasteiger partial charge in [0, 0.05) is 6.54 Å². The van der Waals surface area contributed by atoms with Gasteiger partial charge in [-0.3, -0.25) is 9.59 Å². The third-order valence-corrected chi connectivity index (χ3v) is 7.04. The molecule has 0 unspecified atom stereocenters. The lowest BCUT2D eigenvalue weighted by Gasteiger charge is -2.25. The van der Waals surface area contributed by atoms with Crippen molar-refractivity contribution in [3.05, 3.63) is 98.4 Å². The molecule has 0 bridgehead atoms. The molecule has 0 spiro atoms. The molecule has 0 radical (unpaired) electrons. The average molecular weight is 498 g/mol. The molecule has 6 rings (SSSR count). The molecule has 188 valence electrons. The Balaban J connectivity index is 1.48. The maximum absolute atomic E-state index is 13.9. The van der Waals surface area contributed by atoms with Gasteiger partial charge in [-0.15, -0.1) is 0 Å². The van der Waals surface area contributed by atoms with Gasteiger partial charge in [-0.05, 0) is 78.9 Å². The van der Waals surface area contributed by atoms with Crippen LogP contribution in [-0.2, 0) is 6.54 Å². The number of hydrogen-bond acceptors (Lipinski definition) is 6. The molecule has 0 N–H and O–H groups in total. The van der Waals surface area contributed by atoms with Crippen molar-refractivity contribution in [3.63, 3.8) is 0 Å². The Morgan fingerprint density at radius 3 is 2.49 bits per heavy atom. The summed E-state index contributed by atoms with van der Waals surface area (Å²) in [5, 5.41) is 0.479. The van der Waals surface area contributed by atoms with Crippen LogP contribution in [-0.4, -0.2) is 24.2 Å². The Labute approximate surface area is 214 Å². The molecule has 0 saturated carbocycles. The Bertz CT molecular complexity index is 1590. The van der Waals surface area contributed by atoms with E-state index in [0.717, 1.165) is 34.4 Å². The van der Waals surface area contributed by atoms with Gasteiger partial charge in [-0.25, -0.2) is 0 Å². The van der Waals surface area contributed by atoms with Crippen molar-refractivity contribution >= 4 is 16.9 Å². The summed E-state index contributed by atoms with van der Waals surface area (Å²) in [6.07, 6.45) is 0.905. The fourth-order valence-electron chi connectivity index (χ4n) is 4.99. The van der Waals surface area contributed by atoms with Gasteiger partial charge >= 0.3 is 0 Å². The molecule has 1 atom stereocenters. The first-order chi connectivity index (χ1) is 17.9. The number of benzene rings is 3. The Morgan fingerprint density at radius 2 is 1.70 bits per heavy atom. The summed E-state index contributed by atoms with van der Waals surface area (Å²) in [6.45, 7) is 7.04. The molecule has 0 fully saturated rings. The smallest absolute Gasteiger partial charge is 0.291 e. The molecular weight excluding hydrogens is 470 g/mol. The van der Waals surface area contributed by atoms with E-state index < -0.39 is 6.04 Å². The molecule has 3 heterocycles. The average Bonchev–Trinajstić information content (AvgIpc) is 3.47. The number of carbonyl (C=O) groups is 1. The van der Waals surface area contributed by atoms with Crippen LogP contribution in [0.4, 0.5) is 0 Å². The fourth-order valence-corrected chi connectivity index (χ4v) is 4.99. The van der Waals surface area contributed by atoms with Crippen molar-refractivity contribution in [2.75, 3.05) is 13.4 Å². The molecule has 1 aromatic heterocycles. The summed E-state index contributed by atoms with van der Waals surface area (Å²) < 4.78 is 22.9. The van der Waals surface area contributed by atoms with Crippen LogP contribution in [0.3, 0.4) is 0 Å². The van der Waals surface area contributed by atoms with Crippen LogP contribution in [0.5, 0.6) is 17.2 Å². The molecule has 0 aliphatic carbocycles. The quantitative estimate of drug-likeness (QED) is 0.341. The zero-order valence-corrected chi connectivity index (χ0v) is 21.0. The molecular formula is C30H27NO6. The molecule has 4 aromatic rings. The number of ether oxygens (including phenoxy) is 3. The lowest BCUT2D eigenvalue weighted by molar-refractivity contribution is 0.0714. The van der Waals surface area contributed by atoms with Crippen molar-refractivity contribution in [1.82, 2.24) is 4.90 Å². The summed E-state index contributed by atoms with van der Waals surface area (Å²) in [4.78, 5) is 29.3. The van der Waals surface area contributed by atoms with E-state index in [1.165, 1.54) is 0 Å². The summed E-state index contributed by atoms with van der Waals surface area (Å²) in [5.41, 5.74) is 4.27. The van der Waals surface area contributed by atoms with Crippen molar-refractivity contribution in [2.45, 2.75) is 39.8 Å². The van der Waals surface area contributed by atoms with E-state index in [2.05, 4.69) is 6.92 Å². The van der Waals surface area contributed by atoms with Crippen molar-refractivity contribution in [2.24, 2.45) is 0 Å². The summed E-state index contributed by atoms with van der Waals surface area (Å²) >= 11 is 0. The van der Waals surface area contributed by atoms with E-state index in [1.807, 2.05) is 68.4 Å². The van der Waals surface area contributed by atoms with Gasteiger partial charge in [0.1, 0.15) is 11.3 Å². The van der Waals surface area contributed by atoms with Gasteiger partial charge in [0.2, 0.25) is 12.6 Å². The molecule has 2 aliphatic rings. The standard InChI is InChI=1S/C30H27NO6/c1-4-11-34-21-8-6-20(7-9-21)27-26-28(32)22-12-17(2)18(3)13-24(22)37-29(26)30(33)31(27)15-19-5-10-23-25(14-19)36-16-35-23/h5-10,12-14,27H,4,11,15-16H2,1-3H3/t27-/m0/s1. The number of amides is 1. The third-order valence-electron chi connectivity index (χ3n) is 7.04. The molecule has 2 aliphatic heterocycles. The van der Waals surface area contributed by atoms with Crippen LogP contribution < -0.4 is 19.6 Å². The van der Waals surface area contributed by atoms with Crippen LogP contribution in [0.15, 0.2) is 63.8 Å². The number of hydrogen-bond donors (Lipinski definition) is 0. The van der Waals surface area contributed by atoms with E-state index in [4.69, 9.17) is 18.6 Å². The number of fused-ring (bicyclic) bond motifs is 3. The highest BCUT2D eigenvalue weighted by Gasteiger charge is 2.43. The fraction of sp³-hybridized carbons (Fsp3) is 0.267. The van der Waals surface area contributed by atoms with Crippen LogP contribution in [0.25, 0.3) is 11.0 Å². The highest BCUT2D eigenvalue weighted by atomic mass is 16.7. The molecule has 1 amide bonds. The monoisotopic (exact) mass is 497 g/mol. The lowest BCUT2D eigenvalue weighted by atomic mass is 9.97. The predicted octanol–water partition coefficient (Wildman–Crippen LogP) is 5.67. The highest BCUT2D eigenvalue weighted by molar-refractivity contribution is 5.99. The summed E-state index contributed by atoms with van der Waals surface area (Å²) in [7, 11) is 0. The number of aryl methyl sites for hydroxylation is 2. The minimum absolute atomic E-state index is 0.0952. The van der Waals surface area contributed by atoms with E-state index in [-0.39, 0.29) is 30.4 Å². The number of nitrogens with zero attached hydrogens (tertiary/aromatic N) is 1. The first kappa shape index (κ1) is 23.2. The minimum atomic E-state index is -0.601. The molecule has 3 aromatic carbocycles. The van der Waals surface area contributed by atoms with E-state index in [1.54, 1.807) is 4.90 Å². The number of rotatable bonds is 6. The normalized spacial score (nSPS) is 15.9. The van der Waals surface area contributed by atoms with Crippen LogP contribution in [0.2, 0.25) is 0 Å². The van der Waals surface area contributed by atoms with Gasteiger partial charge in [0.25, 0.3) is 5.91 Å². The first-order valence-corrected chi connectivity index (χ1v) is 12.4. The maximum Gasteiger partial charge on any atom is 0.291 e. The molecule has 7 heteroatoms. The largest absolute Gasteiger partial charge is 0.494 e. The number of carbonyl (C=O) groups excluding carboxylic acids is 1. The third kappa shape index (κ3) is 3.91. The second-order valence-corrected chi connectivity index (χ2v) is 9.55. The Hall–Kier alpha value is -4.26. The zero-order chi connectivity index (χ0) is 25.7. The van der Waals surface area contributed by atoms with Crippen molar-refractivity contribution in [3.8, 4) is 17.2 Å². The van der Waals surface area contributed by atoms with E-state index in [9.17, 15) is 9.59 Å². The second-order valence-electron chi connectivity index (χ2n) is 9.55. The van der Waals surface area contributed by atoms with Crippen LogP contribution in [0.1, 0.15) is 57.8 Å². The highest BCUT2D eigenvalue weighted by Crippen LogP contribution is 2.41. The zero-order valence-electron chi connectivity index (χ0n) is 21.0. The topological polar surface area (TPSA) is 78.2 Å². The second kappa shape index (κ2) is 9.00.